The summed E-state index contributed by atoms with van der Waals surface area (Å²) in [6.07, 6.45) is 2.61. The molecule has 0 unspecified atom stereocenters. The molecule has 2 rings (SSSR count). The van der Waals surface area contributed by atoms with Gasteiger partial charge >= 0.3 is 0 Å². The van der Waals surface area contributed by atoms with E-state index in [1.165, 1.54) is 17.1 Å². The van der Waals surface area contributed by atoms with Gasteiger partial charge in [0, 0.05) is 19.3 Å². The molecule has 2 aromatic rings. The number of pyridine rings is 1. The molecule has 0 atom stereocenters. The first-order valence-corrected chi connectivity index (χ1v) is 6.48. The first-order chi connectivity index (χ1) is 8.47. The van der Waals surface area contributed by atoms with Crippen molar-refractivity contribution in [3.63, 3.8) is 0 Å². The largest absolute Gasteiger partial charge is 0.328 e. The zero-order chi connectivity index (χ0) is 13.2. The Morgan fingerprint density at radius 1 is 1.44 bits per heavy atom. The average molecular weight is 269 g/mol. The molecule has 0 fully saturated rings. The molecule has 0 saturated carbocycles. The van der Waals surface area contributed by atoms with Crippen LogP contribution in [0, 0.1) is 0 Å². The lowest BCUT2D eigenvalue weighted by Crippen LogP contribution is -2.24. The fraction of sp³-hybridized carbons (Fsp3) is 0.222. The number of rotatable bonds is 4. The summed E-state index contributed by atoms with van der Waals surface area (Å²) in [4.78, 5) is 17.0. The van der Waals surface area contributed by atoms with Gasteiger partial charge in [0.25, 0.3) is 0 Å². The van der Waals surface area contributed by atoms with Gasteiger partial charge in [0.1, 0.15) is 6.33 Å². The van der Waals surface area contributed by atoms with Crippen LogP contribution in [0.1, 0.15) is 5.82 Å². The van der Waals surface area contributed by atoms with Gasteiger partial charge in [-0.1, -0.05) is 0 Å². The molecule has 8 nitrogen and oxygen atoms in total. The van der Waals surface area contributed by atoms with E-state index >= 15 is 0 Å². The molecule has 2 heterocycles. The van der Waals surface area contributed by atoms with Gasteiger partial charge in [0.2, 0.25) is 15.6 Å². The number of H-pyrrole nitrogens is 1. The third kappa shape index (κ3) is 2.81. The van der Waals surface area contributed by atoms with Crippen molar-refractivity contribution in [2.75, 3.05) is 0 Å². The fourth-order valence-electron chi connectivity index (χ4n) is 1.27. The van der Waals surface area contributed by atoms with Gasteiger partial charge in [-0.25, -0.2) is 18.1 Å². The Hall–Kier alpha value is -2.00. The highest BCUT2D eigenvalue weighted by atomic mass is 32.2. The summed E-state index contributed by atoms with van der Waals surface area (Å²) in [5.41, 5.74) is -0.361. The van der Waals surface area contributed by atoms with Crippen molar-refractivity contribution in [1.82, 2.24) is 24.5 Å². The average Bonchev–Trinajstić information content (AvgIpc) is 2.73. The summed E-state index contributed by atoms with van der Waals surface area (Å²) in [5, 5.41) is 3.94. The molecule has 0 saturated heterocycles. The molecule has 2 aromatic heterocycles. The van der Waals surface area contributed by atoms with Crippen LogP contribution in [0.4, 0.5) is 0 Å². The highest BCUT2D eigenvalue weighted by Gasteiger charge is 2.14. The number of sulfonamides is 1. The molecule has 2 N–H and O–H groups in total. The van der Waals surface area contributed by atoms with Crippen LogP contribution in [0.15, 0.2) is 34.3 Å². The summed E-state index contributed by atoms with van der Waals surface area (Å²) in [6, 6.07) is 2.38. The number of nitrogens with one attached hydrogen (secondary N) is 2. The van der Waals surface area contributed by atoms with Crippen molar-refractivity contribution in [1.29, 1.82) is 0 Å². The minimum absolute atomic E-state index is 0.0116. The van der Waals surface area contributed by atoms with E-state index in [0.717, 1.165) is 12.3 Å². The zero-order valence-electron chi connectivity index (χ0n) is 9.49. The van der Waals surface area contributed by atoms with E-state index in [4.69, 9.17) is 0 Å². The molecular weight excluding hydrogens is 258 g/mol. The number of aryl methyl sites for hydroxylation is 1. The zero-order valence-corrected chi connectivity index (χ0v) is 10.3. The first-order valence-electron chi connectivity index (χ1n) is 5.00. The highest BCUT2D eigenvalue weighted by Crippen LogP contribution is 2.04. The van der Waals surface area contributed by atoms with E-state index in [1.807, 2.05) is 0 Å². The summed E-state index contributed by atoms with van der Waals surface area (Å²) < 4.78 is 27.5. The Balaban J connectivity index is 2.12. The predicted molar refractivity (Wildman–Crippen MR) is 62.1 cm³/mol. The van der Waals surface area contributed by atoms with Crippen LogP contribution in [-0.4, -0.2) is 28.2 Å². The van der Waals surface area contributed by atoms with Crippen LogP contribution in [0.25, 0.3) is 0 Å². The minimum atomic E-state index is -3.68. The van der Waals surface area contributed by atoms with Crippen molar-refractivity contribution in [2.45, 2.75) is 11.4 Å². The van der Waals surface area contributed by atoms with E-state index in [2.05, 4.69) is 19.8 Å². The van der Waals surface area contributed by atoms with Crippen LogP contribution in [0.3, 0.4) is 0 Å². The van der Waals surface area contributed by atoms with Gasteiger partial charge in [0.15, 0.2) is 5.82 Å². The second-order valence-electron chi connectivity index (χ2n) is 3.55. The van der Waals surface area contributed by atoms with Gasteiger partial charge in [0.05, 0.1) is 11.4 Å². The second-order valence-corrected chi connectivity index (χ2v) is 5.31. The van der Waals surface area contributed by atoms with E-state index in [-0.39, 0.29) is 17.0 Å². The van der Waals surface area contributed by atoms with E-state index in [1.54, 1.807) is 7.05 Å². The Labute approximate surface area is 103 Å². The van der Waals surface area contributed by atoms with Crippen molar-refractivity contribution in [3.8, 4) is 0 Å². The molecule has 0 aliphatic carbocycles. The van der Waals surface area contributed by atoms with Gasteiger partial charge in [-0.2, -0.15) is 5.10 Å². The van der Waals surface area contributed by atoms with Crippen LogP contribution in [0.2, 0.25) is 0 Å². The summed E-state index contributed by atoms with van der Waals surface area (Å²) >= 11 is 0. The number of aromatic amines is 1. The van der Waals surface area contributed by atoms with Gasteiger partial charge < -0.3 is 4.98 Å². The summed E-state index contributed by atoms with van der Waals surface area (Å²) in [7, 11) is -1.99. The van der Waals surface area contributed by atoms with Crippen molar-refractivity contribution >= 4 is 10.0 Å². The standard InChI is InChI=1S/C9H11N5O3S/c1-14-6-11-8(13-14)5-12-18(16,17)7-2-3-9(15)10-4-7/h2-4,6,12H,5H2,1H3,(H,10,15). The Morgan fingerprint density at radius 3 is 2.78 bits per heavy atom. The second kappa shape index (κ2) is 4.70. The predicted octanol–water partition coefficient (Wildman–Crippen LogP) is -1.02. The molecule has 0 aliphatic rings. The molecule has 0 bridgehead atoms. The molecule has 9 heteroatoms. The van der Waals surface area contributed by atoms with Crippen LogP contribution < -0.4 is 10.3 Å². The Bertz CT molecular complexity index is 682. The lowest BCUT2D eigenvalue weighted by Gasteiger charge is -2.03. The Kier molecular flexibility index (Phi) is 3.26. The summed E-state index contributed by atoms with van der Waals surface area (Å²) in [6.45, 7) is -0.0116. The smallest absolute Gasteiger partial charge is 0.247 e. The maximum atomic E-state index is 11.8. The normalized spacial score (nSPS) is 11.6. The third-order valence-corrected chi connectivity index (χ3v) is 3.53. The third-order valence-electron chi connectivity index (χ3n) is 2.13. The SMILES string of the molecule is Cn1cnc(CNS(=O)(=O)c2ccc(=O)[nH]c2)n1. The minimum Gasteiger partial charge on any atom is -0.328 e. The van der Waals surface area contributed by atoms with E-state index in [9.17, 15) is 13.2 Å². The lowest BCUT2D eigenvalue weighted by atomic mass is 10.5. The quantitative estimate of drug-likeness (QED) is 0.738. The molecular formula is C9H11N5O3S. The maximum Gasteiger partial charge on any atom is 0.247 e. The monoisotopic (exact) mass is 269 g/mol. The molecule has 18 heavy (non-hydrogen) atoms. The maximum absolute atomic E-state index is 11.8. The van der Waals surface area contributed by atoms with Gasteiger partial charge in [-0.3, -0.25) is 9.48 Å². The number of nitrogens with zero attached hydrogens (tertiary/aromatic N) is 3. The van der Waals surface area contributed by atoms with Crippen molar-refractivity contribution in [2.24, 2.45) is 7.05 Å². The van der Waals surface area contributed by atoms with E-state index in [0.29, 0.717) is 5.82 Å². The molecule has 0 aromatic carbocycles. The number of hydrogen-bond donors (Lipinski definition) is 2. The summed E-state index contributed by atoms with van der Waals surface area (Å²) in [5.74, 6) is 0.366. The number of aromatic nitrogens is 4. The first kappa shape index (κ1) is 12.5. The molecule has 0 aliphatic heterocycles. The van der Waals surface area contributed by atoms with Crippen LogP contribution in [-0.2, 0) is 23.6 Å². The fourth-order valence-corrected chi connectivity index (χ4v) is 2.22. The molecule has 0 amide bonds. The van der Waals surface area contributed by atoms with Gasteiger partial charge in [-0.15, -0.1) is 0 Å². The van der Waals surface area contributed by atoms with Crippen LogP contribution in [0.5, 0.6) is 0 Å². The van der Waals surface area contributed by atoms with Crippen molar-refractivity contribution in [3.05, 3.63) is 40.8 Å². The topological polar surface area (TPSA) is 110 Å². The van der Waals surface area contributed by atoms with Crippen molar-refractivity contribution < 1.29 is 8.42 Å². The lowest BCUT2D eigenvalue weighted by molar-refractivity contribution is 0.578. The molecule has 0 spiro atoms. The molecule has 96 valence electrons. The van der Waals surface area contributed by atoms with Crippen LogP contribution >= 0.6 is 0 Å². The van der Waals surface area contributed by atoms with E-state index < -0.39 is 10.0 Å². The van der Waals surface area contributed by atoms with Gasteiger partial charge in [-0.05, 0) is 6.07 Å². The molecule has 0 radical (unpaired) electrons. The number of hydrogen-bond acceptors (Lipinski definition) is 5. The highest BCUT2D eigenvalue weighted by molar-refractivity contribution is 7.89. The Morgan fingerprint density at radius 2 is 2.22 bits per heavy atom.